The van der Waals surface area contributed by atoms with Crippen LogP contribution in [0.2, 0.25) is 0 Å². The minimum atomic E-state index is -1.11. The summed E-state index contributed by atoms with van der Waals surface area (Å²) < 4.78 is 0. The number of aryl methyl sites for hydroxylation is 6. The summed E-state index contributed by atoms with van der Waals surface area (Å²) in [4.78, 5) is 72.4. The first-order chi connectivity index (χ1) is 31.8. The highest BCUT2D eigenvalue weighted by atomic mass is 16.6. The average Bonchev–Trinajstić information content (AvgIpc) is 3.25. The Morgan fingerprint density at radius 3 is 1.25 bits per heavy atom. The minimum absolute atomic E-state index is 0.0405. The Hall–Kier alpha value is -8.35. The molecule has 0 bridgehead atoms. The van der Waals surface area contributed by atoms with Gasteiger partial charge in [-0.15, -0.1) is 0 Å². The molecule has 4 amide bonds. The number of hydrogen-bond acceptors (Lipinski definition) is 13. The van der Waals surface area contributed by atoms with Crippen LogP contribution in [0, 0.1) is 58.6 Å². The van der Waals surface area contributed by atoms with Gasteiger partial charge in [0.05, 0.1) is 32.9 Å². The molecule has 0 aromatic heterocycles. The number of aromatic hydroxyl groups is 5. The molecule has 0 saturated heterocycles. The summed E-state index contributed by atoms with van der Waals surface area (Å²) in [7, 11) is 12.9. The highest BCUT2D eigenvalue weighted by Gasteiger charge is 2.26. The zero-order valence-corrected chi connectivity index (χ0v) is 41.7. The molecule has 0 heterocycles. The number of aromatic carboxylic acids is 1. The first-order valence-electron chi connectivity index (χ1n) is 20.8. The van der Waals surface area contributed by atoms with E-state index in [2.05, 4.69) is 0 Å². The van der Waals surface area contributed by atoms with Crippen molar-refractivity contribution in [3.63, 3.8) is 0 Å². The molecule has 0 radical (unpaired) electrons. The molecule has 0 unspecified atom stereocenters. The number of hydrogen-bond donors (Lipinski definition) is 7. The van der Waals surface area contributed by atoms with E-state index in [0.717, 1.165) is 27.8 Å². The number of nitro benzene ring substituents is 1. The second-order valence-corrected chi connectivity index (χ2v) is 16.6. The number of carbonyl (C=O) groups is 5. The zero-order chi connectivity index (χ0) is 53.5. The number of nitrogens with zero attached hydrogens (tertiary/aromatic N) is 5. The molecular formula is C50H64N6O13. The number of nitrogen functional groups attached to an aromatic ring is 1. The molecule has 0 fully saturated rings. The number of carboxylic acid groups (broad SMARTS) is 1. The van der Waals surface area contributed by atoms with Gasteiger partial charge in [-0.25, -0.2) is 4.79 Å². The Labute approximate surface area is 402 Å². The highest BCUT2D eigenvalue weighted by molar-refractivity contribution is 6.00. The maximum atomic E-state index is 11.7. The van der Waals surface area contributed by atoms with Crippen LogP contribution in [-0.4, -0.2) is 141 Å². The van der Waals surface area contributed by atoms with Crippen LogP contribution in [0.3, 0.4) is 0 Å². The van der Waals surface area contributed by atoms with Gasteiger partial charge in [-0.3, -0.25) is 29.3 Å². The predicted octanol–water partition coefficient (Wildman–Crippen LogP) is 7.12. The quantitative estimate of drug-likeness (QED) is 0.0386. The van der Waals surface area contributed by atoms with E-state index in [9.17, 15) is 54.5 Å². The highest BCUT2D eigenvalue weighted by Crippen LogP contribution is 2.36. The standard InChI is InChI=1S/C11H14N2O4.C11H15NO2.C10H14N2O2.C10H13NO2.C8H8O3/c1-6-5-8(11(15)12(3)4)10(14)9(7(6)2)13(16)17;1-7-5-9(11(14)12(3)4)10(13)6-8(7)2;1-6-4-5-7(9(13)8(6)11)10(14)12(2)3;1-7-4-5-8(9(12)6-7)10(13)11(2)3;1-5-2-3-6(8(10)11)7(9)4-5/h5,14H,1-4H3;5-6,13H,1-4H3;4-5,13H,11H2,1-3H3;4-6,12H,1-3H3;2-4,9H,1H3,(H,10,11). The van der Waals surface area contributed by atoms with Gasteiger partial charge < -0.3 is 56.0 Å². The number of benzene rings is 5. The van der Waals surface area contributed by atoms with Crippen LogP contribution < -0.4 is 5.73 Å². The Morgan fingerprint density at radius 1 is 0.464 bits per heavy atom. The number of carboxylic acids is 1. The second kappa shape index (κ2) is 25.5. The molecule has 0 aliphatic heterocycles. The molecule has 0 aliphatic rings. The van der Waals surface area contributed by atoms with Gasteiger partial charge in [-0.1, -0.05) is 18.2 Å². The van der Waals surface area contributed by atoms with Crippen LogP contribution in [-0.2, 0) is 0 Å². The summed E-state index contributed by atoms with van der Waals surface area (Å²) in [6.45, 7) is 12.4. The Bertz CT molecular complexity index is 2690. The molecule has 0 saturated carbocycles. The number of nitro groups is 1. The van der Waals surface area contributed by atoms with Gasteiger partial charge in [-0.2, -0.15) is 0 Å². The van der Waals surface area contributed by atoms with Crippen LogP contribution in [0.15, 0.2) is 66.7 Å². The van der Waals surface area contributed by atoms with Crippen molar-refractivity contribution in [3.8, 4) is 28.7 Å². The number of amides is 4. The number of carbonyl (C=O) groups excluding carboxylic acids is 4. The molecule has 69 heavy (non-hydrogen) atoms. The minimum Gasteiger partial charge on any atom is -0.507 e. The van der Waals surface area contributed by atoms with Crippen molar-refractivity contribution < 1.29 is 59.5 Å². The van der Waals surface area contributed by atoms with Crippen molar-refractivity contribution in [1.29, 1.82) is 0 Å². The molecule has 5 aromatic carbocycles. The van der Waals surface area contributed by atoms with Crippen LogP contribution in [0.25, 0.3) is 0 Å². The van der Waals surface area contributed by atoms with E-state index in [4.69, 9.17) is 15.9 Å². The lowest BCUT2D eigenvalue weighted by molar-refractivity contribution is -0.386. The number of anilines is 1. The van der Waals surface area contributed by atoms with E-state index >= 15 is 0 Å². The van der Waals surface area contributed by atoms with E-state index in [1.54, 1.807) is 112 Å². The summed E-state index contributed by atoms with van der Waals surface area (Å²) in [6.07, 6.45) is 0. The third-order valence-corrected chi connectivity index (χ3v) is 10.1. The van der Waals surface area contributed by atoms with E-state index in [1.165, 1.54) is 58.8 Å². The molecule has 8 N–H and O–H groups in total. The van der Waals surface area contributed by atoms with Crippen molar-refractivity contribution in [1.82, 2.24) is 19.6 Å². The van der Waals surface area contributed by atoms with Gasteiger partial charge in [0.2, 0.25) is 5.75 Å². The number of rotatable bonds is 6. The normalized spacial score (nSPS) is 9.90. The summed E-state index contributed by atoms with van der Waals surface area (Å²) in [5.41, 5.74) is 11.8. The summed E-state index contributed by atoms with van der Waals surface area (Å²) in [5, 5.41) is 66.9. The third kappa shape index (κ3) is 16.2. The topological polar surface area (TPSA) is 289 Å². The molecule has 372 valence electrons. The first kappa shape index (κ1) is 58.7. The van der Waals surface area contributed by atoms with Crippen molar-refractivity contribution in [2.24, 2.45) is 0 Å². The average molecular weight is 957 g/mol. The van der Waals surface area contributed by atoms with E-state index in [0.29, 0.717) is 22.3 Å². The first-order valence-corrected chi connectivity index (χ1v) is 20.8. The Kier molecular flexibility index (Phi) is 21.7. The largest absolute Gasteiger partial charge is 0.507 e. The molecule has 0 atom stereocenters. The summed E-state index contributed by atoms with van der Waals surface area (Å²) in [6, 6.07) is 17.5. The van der Waals surface area contributed by atoms with Gasteiger partial charge in [-0.05, 0) is 130 Å². The SMILES string of the molecule is Cc1cc(C(=O)N(C)C)c(O)c([N+](=O)[O-])c1C.Cc1cc(O)c(C(=O)N(C)C)cc1C.Cc1ccc(C(=O)N(C)C)c(O)c1.Cc1ccc(C(=O)N(C)C)c(O)c1N.Cc1ccc(C(=O)O)c(O)c1. The third-order valence-electron chi connectivity index (χ3n) is 10.1. The second-order valence-electron chi connectivity index (χ2n) is 16.6. The molecule has 0 spiro atoms. The summed E-state index contributed by atoms with van der Waals surface area (Å²) >= 11 is 0. The van der Waals surface area contributed by atoms with Crippen molar-refractivity contribution in [3.05, 3.63) is 144 Å². The van der Waals surface area contributed by atoms with E-state index in [-0.39, 0.29) is 63.1 Å². The molecule has 19 nitrogen and oxygen atoms in total. The number of phenolic OH excluding ortho intramolecular Hbond substituents is 4. The van der Waals surface area contributed by atoms with Crippen LogP contribution in [0.1, 0.15) is 90.7 Å². The maximum absolute atomic E-state index is 11.7. The van der Waals surface area contributed by atoms with Crippen molar-refractivity contribution >= 4 is 41.0 Å². The van der Waals surface area contributed by atoms with E-state index in [1.807, 2.05) is 20.8 Å². The molecule has 19 heteroatoms. The lowest BCUT2D eigenvalue weighted by atomic mass is 10.0. The smallest absolute Gasteiger partial charge is 0.339 e. The number of phenols is 5. The predicted molar refractivity (Wildman–Crippen MR) is 264 cm³/mol. The van der Waals surface area contributed by atoms with Crippen LogP contribution >= 0.6 is 0 Å². The van der Waals surface area contributed by atoms with Crippen LogP contribution in [0.4, 0.5) is 11.4 Å². The van der Waals surface area contributed by atoms with Crippen LogP contribution in [0.5, 0.6) is 28.7 Å². The fourth-order valence-electron chi connectivity index (χ4n) is 5.73. The molecule has 5 rings (SSSR count). The van der Waals surface area contributed by atoms with Crippen molar-refractivity contribution in [2.75, 3.05) is 62.1 Å². The fourth-order valence-corrected chi connectivity index (χ4v) is 5.73. The molecule has 5 aromatic rings. The Balaban J connectivity index is 0.000000434. The van der Waals surface area contributed by atoms with Gasteiger partial charge in [0.25, 0.3) is 23.6 Å². The monoisotopic (exact) mass is 956 g/mol. The van der Waals surface area contributed by atoms with Gasteiger partial charge >= 0.3 is 11.7 Å². The van der Waals surface area contributed by atoms with Gasteiger partial charge in [0.1, 0.15) is 22.8 Å². The number of nitrogens with two attached hydrogens (primary N) is 1. The summed E-state index contributed by atoms with van der Waals surface area (Å²) in [5.74, 6) is -2.99. The Morgan fingerprint density at radius 2 is 0.826 bits per heavy atom. The van der Waals surface area contributed by atoms with Gasteiger partial charge in [0.15, 0.2) is 5.75 Å². The molecular weight excluding hydrogens is 893 g/mol. The van der Waals surface area contributed by atoms with E-state index < -0.39 is 28.2 Å². The maximum Gasteiger partial charge on any atom is 0.339 e. The fraction of sp³-hybridized carbons (Fsp3) is 0.300. The lowest BCUT2D eigenvalue weighted by Crippen LogP contribution is -2.22. The lowest BCUT2D eigenvalue weighted by Gasteiger charge is -2.13. The zero-order valence-electron chi connectivity index (χ0n) is 41.7. The van der Waals surface area contributed by atoms with Crippen molar-refractivity contribution in [2.45, 2.75) is 48.5 Å². The molecule has 0 aliphatic carbocycles. The van der Waals surface area contributed by atoms with Gasteiger partial charge in [0, 0.05) is 61.9 Å².